The van der Waals surface area contributed by atoms with Gasteiger partial charge in [0.1, 0.15) is 0 Å². The molecule has 0 saturated carbocycles. The molecule has 75 heavy (non-hydrogen) atoms. The van der Waals surface area contributed by atoms with Crippen LogP contribution in [0.15, 0.2) is 72.8 Å². The number of benzene rings is 3. The second-order valence-electron chi connectivity index (χ2n) is 13.0. The van der Waals surface area contributed by atoms with Crippen molar-refractivity contribution < 1.29 is 139 Å². The number of hydrogen-bond acceptors (Lipinski definition) is 17. The number of carboxylic acid groups (broad SMARTS) is 1. The third-order valence-corrected chi connectivity index (χ3v) is 8.38. The maximum atomic E-state index is 11.9. The smallest absolute Gasteiger partial charge is 0.550 e. The average Bonchev–Trinajstić information content (AvgIpc) is 3.17. The number of anilines is 6. The number of aliphatic carboxylic acids is 1. The molecule has 0 unspecified atom stereocenters. The SMILES string of the molecule is CC(=O)[O-].CCCCC.CCCCC.CCCCC.FC(F)(F)OC(F)(F)F.Nc1cccc(N)c1.Nc1cccc(NS(=O)(=O)C(F)(F)F)c1.Nc1cccc(NS(=O)(=O)C(F)(F)F)c1.O=S(=O)=O.O=S(=O)=O.[Na+]. The number of ether oxygens (including phenoxy) is 1. The molecule has 0 atom stereocenters. The fourth-order valence-electron chi connectivity index (χ4n) is 3.38. The number of carbonyl (C=O) groups excluding carboxylic acids is 1. The van der Waals surface area contributed by atoms with Crippen molar-refractivity contribution in [2.75, 3.05) is 32.4 Å². The van der Waals surface area contributed by atoms with E-state index in [1.807, 2.05) is 6.07 Å². The zero-order valence-electron chi connectivity index (χ0n) is 41.6. The Kier molecular flexibility index (Phi) is 55.2. The summed E-state index contributed by atoms with van der Waals surface area (Å²) in [6.45, 7) is 14.2. The third-order valence-electron chi connectivity index (χ3n) is 6.15. The monoisotopic (exact) mass is 1200 g/mol. The first-order chi connectivity index (χ1) is 33.4. The van der Waals surface area contributed by atoms with Crippen LogP contribution in [0, 0.1) is 0 Å². The van der Waals surface area contributed by atoms with Gasteiger partial charge in [0, 0.05) is 28.7 Å². The van der Waals surface area contributed by atoms with Crippen molar-refractivity contribution in [3.63, 3.8) is 0 Å². The van der Waals surface area contributed by atoms with Gasteiger partial charge >= 0.3 is 94.6 Å². The minimum absolute atomic E-state index is 0. The van der Waals surface area contributed by atoms with Crippen molar-refractivity contribution in [3.05, 3.63) is 72.8 Å². The van der Waals surface area contributed by atoms with E-state index in [2.05, 4.69) is 41.5 Å². The molecule has 0 heterocycles. The Balaban J connectivity index is -0.000000116. The molecule has 0 aromatic heterocycles. The van der Waals surface area contributed by atoms with Crippen LogP contribution < -0.4 is 67.0 Å². The van der Waals surface area contributed by atoms with Gasteiger partial charge in [0.2, 0.25) is 0 Å². The fourth-order valence-corrected chi connectivity index (χ4v) is 4.49. The van der Waals surface area contributed by atoms with Crippen LogP contribution in [-0.2, 0) is 50.8 Å². The third kappa shape index (κ3) is 73.5. The number of carboxylic acids is 1. The summed E-state index contributed by atoms with van der Waals surface area (Å²) in [7, 11) is -17.0. The molecule has 0 aliphatic heterocycles. The summed E-state index contributed by atoms with van der Waals surface area (Å²) in [6, 6.07) is 17.2. The maximum Gasteiger partial charge on any atom is 1.00 e. The van der Waals surface area contributed by atoms with E-state index >= 15 is 0 Å². The summed E-state index contributed by atoms with van der Waals surface area (Å²) in [4.78, 5) is 8.89. The molecule has 0 spiro atoms. The summed E-state index contributed by atoms with van der Waals surface area (Å²) in [5.74, 6) is -1.08. The number of carbonyl (C=O) groups is 1. The van der Waals surface area contributed by atoms with Crippen molar-refractivity contribution in [2.45, 2.75) is 130 Å². The van der Waals surface area contributed by atoms with Crippen molar-refractivity contribution >= 4 is 81.4 Å². The maximum absolute atomic E-state index is 11.9. The van der Waals surface area contributed by atoms with Crippen LogP contribution >= 0.6 is 0 Å². The van der Waals surface area contributed by atoms with Gasteiger partial charge in [-0.1, -0.05) is 118 Å². The van der Waals surface area contributed by atoms with E-state index in [4.69, 9.17) is 58.1 Å². The number of alkyl halides is 12. The standard InChI is InChI=1S/2C7H7F3N2O2S.C6H8N2.3C5H12.C2F6O.C2H4O2.Na.2O3S/c2*8-7(9,10)15(13,14)12-6-3-1-2-5(11)4-6;7-5-2-1-3-6(8)4-5;3*1-3-5-4-2;3-1(4,5)9-2(6,7)8;1-2(3)4;;2*1-4(2)3/h2*1-4,12H,11H2;1-4H,7-8H2;3*3-5H2,1-2H3;;1H3,(H,3,4);;;/q;;;;;;;;+1;;/p-1. The Hall–Kier alpha value is -4.81. The predicted molar refractivity (Wildman–Crippen MR) is 253 cm³/mol. The van der Waals surface area contributed by atoms with Crippen LogP contribution in [0.4, 0.5) is 86.8 Å². The van der Waals surface area contributed by atoms with Crippen LogP contribution in [-0.4, -0.2) is 71.8 Å². The van der Waals surface area contributed by atoms with E-state index in [1.165, 1.54) is 104 Å². The van der Waals surface area contributed by atoms with E-state index in [0.717, 1.165) is 19.1 Å². The first-order valence-corrected chi connectivity index (χ1v) is 25.4. The summed E-state index contributed by atoms with van der Waals surface area (Å²) < 4.78 is 233. The van der Waals surface area contributed by atoms with E-state index in [-0.39, 0.29) is 52.3 Å². The van der Waals surface area contributed by atoms with Gasteiger partial charge in [0.25, 0.3) is 0 Å². The second-order valence-corrected chi connectivity index (χ2v) is 17.1. The van der Waals surface area contributed by atoms with Crippen LogP contribution in [0.3, 0.4) is 0 Å². The number of nitrogens with one attached hydrogen (secondary N) is 2. The first kappa shape index (κ1) is 86.9. The molecule has 0 amide bonds. The summed E-state index contributed by atoms with van der Waals surface area (Å²) in [5, 5.41) is 8.89. The van der Waals surface area contributed by atoms with Gasteiger partial charge in [0.15, 0.2) is 0 Å². The normalized spacial score (nSPS) is 10.3. The predicted octanol–water partition coefficient (Wildman–Crippen LogP) is 6.30. The number of hydrogen-bond donors (Lipinski definition) is 6. The molecular weight excluding hydrogens is 1140 g/mol. The zero-order valence-corrected chi connectivity index (χ0v) is 46.8. The van der Waals surface area contributed by atoms with Gasteiger partial charge in [-0.25, -0.2) is 0 Å². The quantitative estimate of drug-likeness (QED) is 0.0737. The van der Waals surface area contributed by atoms with E-state index < -0.39 is 71.0 Å². The number of unbranched alkanes of at least 4 members (excludes halogenated alkanes) is 6. The molecule has 0 radical (unpaired) electrons. The zero-order chi connectivity index (χ0) is 60.2. The molecule has 0 bridgehead atoms. The molecule has 0 saturated heterocycles. The van der Waals surface area contributed by atoms with Gasteiger partial charge in [-0.05, 0) is 61.5 Å². The molecule has 0 aliphatic rings. The largest absolute Gasteiger partial charge is 1.00 e. The Morgan fingerprint density at radius 3 is 0.787 bits per heavy atom. The Labute approximate surface area is 453 Å². The van der Waals surface area contributed by atoms with Crippen molar-refractivity contribution in [2.24, 2.45) is 0 Å². The van der Waals surface area contributed by atoms with E-state index in [1.54, 1.807) is 22.9 Å². The van der Waals surface area contributed by atoms with Gasteiger partial charge in [-0.15, -0.1) is 51.6 Å². The number of sulfonamides is 2. The second kappa shape index (κ2) is 47.6. The van der Waals surface area contributed by atoms with Gasteiger partial charge in [-0.3, -0.25) is 9.44 Å². The number of halogens is 12. The Morgan fingerprint density at radius 1 is 0.493 bits per heavy atom. The molecule has 3 aromatic carbocycles. The fraction of sp³-hybridized carbons (Fsp3) is 0.513. The molecule has 0 aliphatic carbocycles. The van der Waals surface area contributed by atoms with Crippen LogP contribution in [0.1, 0.15) is 106 Å². The molecule has 36 heteroatoms. The van der Waals surface area contributed by atoms with Crippen molar-refractivity contribution in [3.8, 4) is 0 Å². The topological polar surface area (TPSA) is 348 Å². The van der Waals surface area contributed by atoms with Gasteiger partial charge in [0.05, 0.1) is 11.4 Å². The minimum Gasteiger partial charge on any atom is -0.550 e. The van der Waals surface area contributed by atoms with Crippen LogP contribution in [0.5, 0.6) is 0 Å². The molecule has 3 aromatic rings. The Morgan fingerprint density at radius 2 is 0.680 bits per heavy atom. The van der Waals surface area contributed by atoms with Crippen LogP contribution in [0.2, 0.25) is 0 Å². The molecule has 10 N–H and O–H groups in total. The average molecular weight is 1200 g/mol. The van der Waals surface area contributed by atoms with Crippen molar-refractivity contribution in [1.82, 2.24) is 0 Å². The van der Waals surface area contributed by atoms with E-state index in [9.17, 15) is 69.5 Å². The van der Waals surface area contributed by atoms with E-state index in [0.29, 0.717) is 11.4 Å². The number of rotatable bonds is 10. The molecule has 434 valence electrons. The molecule has 19 nitrogen and oxygen atoms in total. The number of nitrogen functional groups attached to an aromatic ring is 4. The van der Waals surface area contributed by atoms with Gasteiger partial charge < -0.3 is 32.8 Å². The van der Waals surface area contributed by atoms with Gasteiger partial charge in [-0.2, -0.15) is 47.9 Å². The number of nitrogens with two attached hydrogens (primary N) is 4. The minimum atomic E-state index is -5.64. The Bertz CT molecular complexity index is 2210. The molecule has 0 fully saturated rings. The first-order valence-electron chi connectivity index (χ1n) is 20.4. The van der Waals surface area contributed by atoms with Crippen molar-refractivity contribution in [1.29, 1.82) is 0 Å². The summed E-state index contributed by atoms with van der Waals surface area (Å²) >= 11 is 0. The van der Waals surface area contributed by atoms with Crippen LogP contribution in [0.25, 0.3) is 0 Å². The molecular formula is C39H61F12N6NaO13S4. The molecule has 3 rings (SSSR count). The summed E-state index contributed by atoms with van der Waals surface area (Å²) in [5.41, 5.74) is 11.9. The summed E-state index contributed by atoms with van der Waals surface area (Å²) in [6.07, 6.45) is 0.948.